The van der Waals surface area contributed by atoms with Gasteiger partial charge in [0.1, 0.15) is 11.6 Å². The molecule has 2 aromatic carbocycles. The topological polar surface area (TPSA) is 115 Å². The van der Waals surface area contributed by atoms with E-state index in [1.807, 2.05) is 31.3 Å². The van der Waals surface area contributed by atoms with Crippen LogP contribution in [0.1, 0.15) is 73.3 Å². The number of anilines is 1. The molecule has 1 heterocycles. The Kier molecular flexibility index (Phi) is 13.2. The molecule has 0 saturated carbocycles. The maximum atomic E-state index is 12.7. The van der Waals surface area contributed by atoms with E-state index in [9.17, 15) is 14.7 Å². The number of rotatable bonds is 18. The Morgan fingerprint density at radius 3 is 2.57 bits per heavy atom. The zero-order chi connectivity index (χ0) is 30.3. The van der Waals surface area contributed by atoms with E-state index in [1.165, 1.54) is 18.7 Å². The third kappa shape index (κ3) is 10.8. The van der Waals surface area contributed by atoms with Gasteiger partial charge in [-0.3, -0.25) is 9.59 Å². The smallest absolute Gasteiger partial charge is 0.163 e. The molecule has 0 unspecified atom stereocenters. The molecule has 0 amide bonds. The van der Waals surface area contributed by atoms with Crippen LogP contribution in [0.4, 0.5) is 5.82 Å². The number of aryl methyl sites for hydroxylation is 2. The lowest BCUT2D eigenvalue weighted by Gasteiger charge is -2.14. The number of allylic oxidation sites excluding steroid dienone is 1. The fourth-order valence-corrected chi connectivity index (χ4v) is 5.13. The molecule has 7 heteroatoms. The quantitative estimate of drug-likeness (QED) is 0.0960. The number of nitrogens with two attached hydrogens (primary N) is 1. The summed E-state index contributed by atoms with van der Waals surface area (Å²) in [5, 5.41) is 13.7. The van der Waals surface area contributed by atoms with Gasteiger partial charge in [0.25, 0.3) is 0 Å². The Bertz CT molecular complexity index is 1340. The predicted octanol–water partition coefficient (Wildman–Crippen LogP) is 6.10. The number of methoxy groups -OCH3 is 1. The van der Waals surface area contributed by atoms with Gasteiger partial charge in [-0.1, -0.05) is 56.2 Å². The number of nitrogens with zero attached hydrogens (tertiary/aromatic N) is 1. The molecule has 1 atom stereocenters. The van der Waals surface area contributed by atoms with Crippen molar-refractivity contribution in [2.75, 3.05) is 26.4 Å². The molecule has 3 aromatic rings. The second kappa shape index (κ2) is 17.1. The number of hydrogen-bond donors (Lipinski definition) is 3. The van der Waals surface area contributed by atoms with Gasteiger partial charge in [0.2, 0.25) is 0 Å². The van der Waals surface area contributed by atoms with Gasteiger partial charge < -0.3 is 20.9 Å². The molecule has 4 N–H and O–H groups in total. The van der Waals surface area contributed by atoms with E-state index in [-0.39, 0.29) is 23.7 Å². The van der Waals surface area contributed by atoms with Crippen LogP contribution in [-0.2, 0) is 28.9 Å². The number of phenols is 1. The van der Waals surface area contributed by atoms with Gasteiger partial charge in [0, 0.05) is 12.6 Å². The number of unbranched alkanes of at least 4 members (excludes halogenated alkanes) is 2. The Balaban J connectivity index is 1.66. The van der Waals surface area contributed by atoms with E-state index in [4.69, 9.17) is 10.5 Å². The lowest BCUT2D eigenvalue weighted by atomic mass is 9.94. The third-order valence-corrected chi connectivity index (χ3v) is 7.48. The van der Waals surface area contributed by atoms with Crippen LogP contribution in [0.2, 0.25) is 0 Å². The highest BCUT2D eigenvalue weighted by atomic mass is 16.5. The summed E-state index contributed by atoms with van der Waals surface area (Å²) in [4.78, 5) is 29.4. The van der Waals surface area contributed by atoms with Gasteiger partial charge in [-0.05, 0) is 104 Å². The first-order chi connectivity index (χ1) is 20.3. The van der Waals surface area contributed by atoms with Crippen molar-refractivity contribution in [2.45, 2.75) is 64.7 Å². The normalized spacial score (nSPS) is 12.0. The minimum Gasteiger partial charge on any atom is -0.504 e. The zero-order valence-corrected chi connectivity index (χ0v) is 25.2. The van der Waals surface area contributed by atoms with Crippen LogP contribution >= 0.6 is 0 Å². The fraction of sp³-hybridized carbons (Fsp3) is 0.400. The van der Waals surface area contributed by atoms with Crippen LogP contribution in [0.3, 0.4) is 0 Å². The monoisotopic (exact) mass is 571 g/mol. The molecule has 0 radical (unpaired) electrons. The molecule has 0 fully saturated rings. The maximum absolute atomic E-state index is 12.7. The van der Waals surface area contributed by atoms with Crippen LogP contribution in [0.5, 0.6) is 11.5 Å². The molecule has 0 bridgehead atoms. The molecule has 0 aliphatic heterocycles. The number of aromatic hydroxyl groups is 1. The number of carbonyl (C=O) groups is 2. The second-order valence-corrected chi connectivity index (χ2v) is 11.0. The van der Waals surface area contributed by atoms with E-state index in [0.717, 1.165) is 67.3 Å². The summed E-state index contributed by atoms with van der Waals surface area (Å²) in [5.74, 6) is 1.13. The Morgan fingerprint density at radius 2 is 1.83 bits per heavy atom. The highest BCUT2D eigenvalue weighted by Gasteiger charge is 2.14. The molecule has 42 heavy (non-hydrogen) atoms. The van der Waals surface area contributed by atoms with Gasteiger partial charge in [-0.2, -0.15) is 0 Å². The average molecular weight is 572 g/mol. The second-order valence-electron chi connectivity index (χ2n) is 11.0. The summed E-state index contributed by atoms with van der Waals surface area (Å²) in [6.07, 6.45) is 11.4. The molecule has 1 aromatic heterocycles. The van der Waals surface area contributed by atoms with Crippen LogP contribution < -0.4 is 15.8 Å². The SMILES string of the molecule is CNC[C@H](C)CCCCCC(=O)CC(=O)/C=C/c1cc(OC)c(O)cc1Cc1cnc(N)cc1CCc1ccccc1. The van der Waals surface area contributed by atoms with Crippen molar-refractivity contribution < 1.29 is 19.4 Å². The number of nitrogens with one attached hydrogen (secondary N) is 1. The van der Waals surface area contributed by atoms with Gasteiger partial charge in [-0.15, -0.1) is 0 Å². The fourth-order valence-electron chi connectivity index (χ4n) is 5.13. The van der Waals surface area contributed by atoms with Crippen molar-refractivity contribution in [3.05, 3.63) is 88.6 Å². The molecule has 0 spiro atoms. The van der Waals surface area contributed by atoms with E-state index in [1.54, 1.807) is 24.4 Å². The predicted molar refractivity (Wildman–Crippen MR) is 170 cm³/mol. The number of ether oxygens (including phenoxy) is 1. The number of carbonyl (C=O) groups excluding carboxylic acids is 2. The van der Waals surface area contributed by atoms with Crippen LogP contribution in [0.15, 0.2) is 60.8 Å². The summed E-state index contributed by atoms with van der Waals surface area (Å²) in [6, 6.07) is 15.5. The minimum atomic E-state index is -0.238. The largest absolute Gasteiger partial charge is 0.504 e. The van der Waals surface area contributed by atoms with Crippen molar-refractivity contribution in [1.29, 1.82) is 0 Å². The van der Waals surface area contributed by atoms with Crippen LogP contribution in [0, 0.1) is 5.92 Å². The molecular weight excluding hydrogens is 526 g/mol. The molecule has 0 saturated heterocycles. The number of aromatic nitrogens is 1. The molecule has 0 aliphatic carbocycles. The number of ketones is 2. The molecule has 7 nitrogen and oxygen atoms in total. The van der Waals surface area contributed by atoms with Crippen molar-refractivity contribution in [3.8, 4) is 11.5 Å². The first kappa shape index (κ1) is 32.5. The standard InChI is InChI=1S/C35H45N3O4/c1-25(23-37-2)10-6-4-9-13-31(39)22-32(40)17-16-27-20-34(42-3)33(41)19-29(27)18-30-24-38-35(36)21-28(30)15-14-26-11-7-5-8-12-26/h5,7-8,11-12,16-17,19-21,24-25,37,41H,4,6,9-10,13-15,18,22-23H2,1-3H3,(H2,36,38)/b17-16+/t25-/m1/s1. The van der Waals surface area contributed by atoms with Crippen LogP contribution in [0.25, 0.3) is 6.08 Å². The number of pyridine rings is 1. The van der Waals surface area contributed by atoms with E-state index < -0.39 is 0 Å². The van der Waals surface area contributed by atoms with Crippen molar-refractivity contribution in [1.82, 2.24) is 10.3 Å². The maximum Gasteiger partial charge on any atom is 0.163 e. The third-order valence-electron chi connectivity index (χ3n) is 7.48. The summed E-state index contributed by atoms with van der Waals surface area (Å²) in [6.45, 7) is 3.22. The lowest BCUT2D eigenvalue weighted by molar-refractivity contribution is -0.124. The summed E-state index contributed by atoms with van der Waals surface area (Å²) in [5.41, 5.74) is 10.9. The number of Topliss-reactive ketones (excluding diaryl/α,β-unsaturated/α-hetero) is 1. The average Bonchev–Trinajstić information content (AvgIpc) is 2.97. The molecule has 0 aliphatic rings. The summed E-state index contributed by atoms with van der Waals surface area (Å²) >= 11 is 0. The minimum absolute atomic E-state index is 0.0146. The van der Waals surface area contributed by atoms with Gasteiger partial charge >= 0.3 is 0 Å². The summed E-state index contributed by atoms with van der Waals surface area (Å²) < 4.78 is 5.33. The van der Waals surface area contributed by atoms with Gasteiger partial charge in [0.05, 0.1) is 13.5 Å². The Hall–Kier alpha value is -3.97. The van der Waals surface area contributed by atoms with Crippen molar-refractivity contribution >= 4 is 23.5 Å². The first-order valence-corrected chi connectivity index (χ1v) is 14.8. The highest BCUT2D eigenvalue weighted by molar-refractivity contribution is 6.06. The van der Waals surface area contributed by atoms with Gasteiger partial charge in [-0.25, -0.2) is 4.98 Å². The Labute approximate surface area is 250 Å². The lowest BCUT2D eigenvalue weighted by Crippen LogP contribution is -2.15. The van der Waals surface area contributed by atoms with Crippen LogP contribution in [-0.4, -0.2) is 42.4 Å². The molecule has 3 rings (SSSR count). The number of benzene rings is 2. The number of nitrogen functional groups attached to an aromatic ring is 1. The summed E-state index contributed by atoms with van der Waals surface area (Å²) in [7, 11) is 3.44. The zero-order valence-electron chi connectivity index (χ0n) is 25.2. The van der Waals surface area contributed by atoms with Crippen molar-refractivity contribution in [2.24, 2.45) is 5.92 Å². The van der Waals surface area contributed by atoms with E-state index in [2.05, 4.69) is 29.4 Å². The highest BCUT2D eigenvalue weighted by Crippen LogP contribution is 2.32. The van der Waals surface area contributed by atoms with E-state index in [0.29, 0.717) is 30.3 Å². The first-order valence-electron chi connectivity index (χ1n) is 14.8. The molecule has 224 valence electrons. The Morgan fingerprint density at radius 1 is 1.05 bits per heavy atom. The van der Waals surface area contributed by atoms with Gasteiger partial charge in [0.15, 0.2) is 17.3 Å². The number of hydrogen-bond acceptors (Lipinski definition) is 7. The van der Waals surface area contributed by atoms with Crippen molar-refractivity contribution in [3.63, 3.8) is 0 Å². The molecular formula is C35H45N3O4. The van der Waals surface area contributed by atoms with E-state index >= 15 is 0 Å². The number of phenolic OH excluding ortho intramolecular Hbond substituents is 1.